The lowest BCUT2D eigenvalue weighted by Gasteiger charge is -2.16. The zero-order valence-corrected chi connectivity index (χ0v) is 11.9. The van der Waals surface area contributed by atoms with Crippen molar-refractivity contribution in [2.45, 2.75) is 18.4 Å². The van der Waals surface area contributed by atoms with E-state index in [1.165, 1.54) is 12.3 Å². The fourth-order valence-electron chi connectivity index (χ4n) is 2.05. The Labute approximate surface area is 123 Å². The summed E-state index contributed by atoms with van der Waals surface area (Å²) in [4.78, 5) is 32.5. The van der Waals surface area contributed by atoms with Gasteiger partial charge in [-0.05, 0) is 6.07 Å². The number of hydrogen-bond acceptors (Lipinski definition) is 8. The Balaban J connectivity index is 2.24. The van der Waals surface area contributed by atoms with Crippen LogP contribution in [0, 0.1) is 17.2 Å². The van der Waals surface area contributed by atoms with Gasteiger partial charge in [0.25, 0.3) is 0 Å². The van der Waals surface area contributed by atoms with Gasteiger partial charge in [-0.1, -0.05) is 0 Å². The summed E-state index contributed by atoms with van der Waals surface area (Å²) in [7, 11) is -4.75. The van der Waals surface area contributed by atoms with Crippen LogP contribution < -0.4 is 11.4 Å². The molecule has 2 heterocycles. The van der Waals surface area contributed by atoms with E-state index < -0.39 is 44.5 Å². The van der Waals surface area contributed by atoms with E-state index in [9.17, 15) is 14.5 Å². The number of nitrogens with two attached hydrogens (primary N) is 1. The Bertz CT molecular complexity index is 695. The molecule has 11 nitrogen and oxygen atoms in total. The molecule has 1 fully saturated rings. The fraction of sp³-hybridized carbons (Fsp3) is 0.500. The van der Waals surface area contributed by atoms with E-state index in [2.05, 4.69) is 9.51 Å². The first kappa shape index (κ1) is 16.6. The highest BCUT2D eigenvalue weighted by molar-refractivity contribution is 7.46. The predicted molar refractivity (Wildman–Crippen MR) is 69.9 cm³/mol. The van der Waals surface area contributed by atoms with Gasteiger partial charge in [-0.2, -0.15) is 10.2 Å². The molecule has 0 aliphatic carbocycles. The number of nitrogen functional groups attached to an aromatic ring is 1. The quantitative estimate of drug-likeness (QED) is 0.465. The number of aromatic nitrogens is 2. The van der Waals surface area contributed by atoms with Crippen LogP contribution in [0.25, 0.3) is 0 Å². The van der Waals surface area contributed by atoms with Crippen molar-refractivity contribution in [2.24, 2.45) is 5.92 Å². The highest BCUT2D eigenvalue weighted by Gasteiger charge is 2.46. The predicted octanol–water partition coefficient (Wildman–Crippen LogP) is -1.67. The van der Waals surface area contributed by atoms with Crippen molar-refractivity contribution in [3.05, 3.63) is 22.7 Å². The van der Waals surface area contributed by atoms with Crippen LogP contribution in [0.1, 0.15) is 6.23 Å². The molecule has 1 aromatic heterocycles. The monoisotopic (exact) mass is 332 g/mol. The summed E-state index contributed by atoms with van der Waals surface area (Å²) >= 11 is 0. The zero-order valence-electron chi connectivity index (χ0n) is 11.0. The molecule has 0 saturated carbocycles. The number of nitriles is 1. The third kappa shape index (κ3) is 3.50. The van der Waals surface area contributed by atoms with Gasteiger partial charge in [0.05, 0.1) is 12.7 Å². The minimum atomic E-state index is -4.75. The van der Waals surface area contributed by atoms with Gasteiger partial charge >= 0.3 is 13.5 Å². The Morgan fingerprint density at radius 3 is 2.82 bits per heavy atom. The van der Waals surface area contributed by atoms with Crippen molar-refractivity contribution in [1.29, 1.82) is 5.26 Å². The Morgan fingerprint density at radius 1 is 1.59 bits per heavy atom. The lowest BCUT2D eigenvalue weighted by Crippen LogP contribution is -2.31. The molecule has 1 saturated heterocycles. The van der Waals surface area contributed by atoms with Crippen LogP contribution >= 0.6 is 7.82 Å². The van der Waals surface area contributed by atoms with E-state index in [4.69, 9.17) is 25.5 Å². The molecule has 4 atom stereocenters. The molecule has 0 aromatic carbocycles. The first-order valence-electron chi connectivity index (χ1n) is 6.01. The first-order chi connectivity index (χ1) is 10.2. The second-order valence-corrected chi connectivity index (χ2v) is 5.78. The molecule has 5 N–H and O–H groups in total. The summed E-state index contributed by atoms with van der Waals surface area (Å²) in [5, 5.41) is 19.1. The standard InChI is InChI=1S/C10H13N4O7P/c11-3-5-8(15)6(4-20-22(17,18)19)21-9(5)14-2-1-7(12)13-10(14)16/h1-2,5-6,8-9,15H,4H2,(H2,12,13,16)(H2,17,18,19)/t5-,6+,8-,9+/m0/s1. The maximum Gasteiger partial charge on any atom is 0.469 e. The van der Waals surface area contributed by atoms with Gasteiger partial charge in [-0.15, -0.1) is 0 Å². The lowest BCUT2D eigenvalue weighted by atomic mass is 10.0. The van der Waals surface area contributed by atoms with E-state index >= 15 is 0 Å². The topological polar surface area (TPSA) is 181 Å². The van der Waals surface area contributed by atoms with Gasteiger partial charge in [0.1, 0.15) is 23.9 Å². The van der Waals surface area contributed by atoms with E-state index in [0.717, 1.165) is 4.57 Å². The number of hydrogen-bond donors (Lipinski definition) is 4. The molecule has 0 spiro atoms. The summed E-state index contributed by atoms with van der Waals surface area (Å²) in [5.41, 5.74) is 4.57. The van der Waals surface area contributed by atoms with Crippen LogP contribution in [-0.2, 0) is 13.8 Å². The molecule has 1 aromatic rings. The van der Waals surface area contributed by atoms with Crippen molar-refractivity contribution in [1.82, 2.24) is 9.55 Å². The number of nitrogens with zero attached hydrogens (tertiary/aromatic N) is 3. The number of phosphoric ester groups is 1. The summed E-state index contributed by atoms with van der Waals surface area (Å²) in [6.07, 6.45) is -2.51. The molecule has 1 aliphatic rings. The van der Waals surface area contributed by atoms with Crippen LogP contribution in [0.4, 0.5) is 5.82 Å². The zero-order chi connectivity index (χ0) is 16.5. The fourth-order valence-corrected chi connectivity index (χ4v) is 2.39. The molecule has 120 valence electrons. The SMILES string of the molecule is N#C[C@H]1[C@H](O)[C@@H](COP(=O)(O)O)O[C@H]1n1ccc(N)nc1=O. The van der Waals surface area contributed by atoms with Crippen molar-refractivity contribution in [3.63, 3.8) is 0 Å². The van der Waals surface area contributed by atoms with Crippen molar-refractivity contribution >= 4 is 13.6 Å². The van der Waals surface area contributed by atoms with Gasteiger partial charge < -0.3 is 25.4 Å². The molecule has 12 heteroatoms. The second-order valence-electron chi connectivity index (χ2n) is 4.54. The Hall–Kier alpha value is -1.80. The van der Waals surface area contributed by atoms with Crippen LogP contribution in [-0.4, -0.2) is 43.3 Å². The van der Waals surface area contributed by atoms with Gasteiger partial charge in [-0.3, -0.25) is 9.09 Å². The first-order valence-corrected chi connectivity index (χ1v) is 7.54. The van der Waals surface area contributed by atoms with Gasteiger partial charge in [0, 0.05) is 6.20 Å². The molecule has 0 amide bonds. The van der Waals surface area contributed by atoms with Crippen LogP contribution in [0.3, 0.4) is 0 Å². The number of anilines is 1. The minimum Gasteiger partial charge on any atom is -0.389 e. The molecule has 0 radical (unpaired) electrons. The smallest absolute Gasteiger partial charge is 0.389 e. The van der Waals surface area contributed by atoms with Crippen LogP contribution in [0.15, 0.2) is 17.1 Å². The maximum atomic E-state index is 11.8. The van der Waals surface area contributed by atoms with E-state index in [1.807, 2.05) is 0 Å². The van der Waals surface area contributed by atoms with Gasteiger partial charge in [-0.25, -0.2) is 9.36 Å². The van der Waals surface area contributed by atoms with Crippen molar-refractivity contribution in [2.75, 3.05) is 12.3 Å². The highest BCUT2D eigenvalue weighted by atomic mass is 31.2. The third-order valence-electron chi connectivity index (χ3n) is 3.05. The van der Waals surface area contributed by atoms with Crippen LogP contribution in [0.2, 0.25) is 0 Å². The summed E-state index contributed by atoms with van der Waals surface area (Å²) < 4.78 is 21.2. The second kappa shape index (κ2) is 6.13. The van der Waals surface area contributed by atoms with Crippen LogP contribution in [0.5, 0.6) is 0 Å². The summed E-state index contributed by atoms with van der Waals surface area (Å²) in [6, 6.07) is 3.10. The Kier molecular flexibility index (Phi) is 4.62. The Morgan fingerprint density at radius 2 is 2.27 bits per heavy atom. The molecule has 22 heavy (non-hydrogen) atoms. The molecule has 1 aliphatic heterocycles. The molecular formula is C10H13N4O7P. The summed E-state index contributed by atoms with van der Waals surface area (Å²) in [6.45, 7) is -0.642. The van der Waals surface area contributed by atoms with E-state index in [1.54, 1.807) is 6.07 Å². The normalized spacial score (nSPS) is 28.5. The number of ether oxygens (including phenoxy) is 1. The number of phosphoric acid groups is 1. The number of aliphatic hydroxyl groups is 1. The number of rotatable bonds is 4. The van der Waals surface area contributed by atoms with Crippen molar-refractivity contribution in [3.8, 4) is 6.07 Å². The van der Waals surface area contributed by atoms with Crippen molar-refractivity contribution < 1.29 is 28.7 Å². The van der Waals surface area contributed by atoms with Gasteiger partial charge in [0.2, 0.25) is 0 Å². The average Bonchev–Trinajstić information content (AvgIpc) is 2.72. The minimum absolute atomic E-state index is 0.0188. The van der Waals surface area contributed by atoms with E-state index in [0.29, 0.717) is 0 Å². The maximum absolute atomic E-state index is 11.8. The molecule has 0 unspecified atom stereocenters. The summed E-state index contributed by atoms with van der Waals surface area (Å²) in [5.74, 6) is -1.16. The van der Waals surface area contributed by atoms with Gasteiger partial charge in [0.15, 0.2) is 6.23 Å². The molecule has 2 rings (SSSR count). The lowest BCUT2D eigenvalue weighted by molar-refractivity contribution is -0.0461. The third-order valence-corrected chi connectivity index (χ3v) is 3.54. The molecule has 0 bridgehead atoms. The molecular weight excluding hydrogens is 319 g/mol. The van der Waals surface area contributed by atoms with E-state index in [-0.39, 0.29) is 5.82 Å². The average molecular weight is 332 g/mol. The highest BCUT2D eigenvalue weighted by Crippen LogP contribution is 2.39. The number of aliphatic hydroxyl groups excluding tert-OH is 1. The largest absolute Gasteiger partial charge is 0.469 e.